The lowest BCUT2D eigenvalue weighted by Crippen LogP contribution is -2.01. The summed E-state index contributed by atoms with van der Waals surface area (Å²) in [4.78, 5) is 14.4. The number of rotatable bonds is 1. The highest BCUT2D eigenvalue weighted by Crippen LogP contribution is 2.13. The van der Waals surface area contributed by atoms with Crippen molar-refractivity contribution in [1.29, 1.82) is 0 Å². The summed E-state index contributed by atoms with van der Waals surface area (Å²) < 4.78 is 3.90. The average Bonchev–Trinajstić information content (AvgIpc) is 2.04. The van der Waals surface area contributed by atoms with Gasteiger partial charge in [0.15, 0.2) is 5.69 Å². The molecule has 58 valence electrons. The second-order valence-electron chi connectivity index (χ2n) is 1.70. The molecule has 0 bridgehead atoms. The third kappa shape index (κ3) is 1.82. The van der Waals surface area contributed by atoms with Crippen molar-refractivity contribution in [2.24, 2.45) is 0 Å². The van der Waals surface area contributed by atoms with Gasteiger partial charge in [0.1, 0.15) is 11.9 Å². The zero-order valence-corrected chi connectivity index (χ0v) is 6.76. The number of carbonyl (C=O) groups is 1. The normalized spacial score (nSPS) is 9.27. The first-order chi connectivity index (χ1) is 5.25. The van der Waals surface area contributed by atoms with Crippen LogP contribution in [0.25, 0.3) is 0 Å². The lowest BCUT2D eigenvalue weighted by molar-refractivity contribution is 0.0745. The average molecular weight is 192 g/mol. The number of hydrogen-bond donors (Lipinski definition) is 0. The molecule has 5 heteroatoms. The molecule has 0 aromatic carbocycles. The minimum atomic E-state index is -0.753. The van der Waals surface area contributed by atoms with E-state index in [0.717, 1.165) is 0 Å². The molecule has 0 aliphatic rings. The van der Waals surface area contributed by atoms with E-state index in [9.17, 15) is 4.79 Å². The molecule has 0 saturated heterocycles. The third-order valence-electron chi connectivity index (χ3n) is 1.02. The minimum absolute atomic E-state index is 0.0177. The van der Waals surface area contributed by atoms with Crippen LogP contribution in [0.4, 0.5) is 0 Å². The summed E-state index contributed by atoms with van der Waals surface area (Å²) in [7, 11) is 0. The molecule has 0 aliphatic heterocycles. The number of hydrogen-bond acceptors (Lipinski definition) is 3. The monoisotopic (exact) mass is 191 g/mol. The van der Waals surface area contributed by atoms with Crippen LogP contribution >= 0.6 is 23.5 Å². The highest BCUT2D eigenvalue weighted by molar-refractivity contribution is 6.33. The summed E-state index contributed by atoms with van der Waals surface area (Å²) in [5.74, 6) is -0.753. The van der Waals surface area contributed by atoms with Crippen molar-refractivity contribution in [3.05, 3.63) is 29.0 Å². The predicted octanol–water partition coefficient (Wildman–Crippen LogP) is 2.05. The van der Waals surface area contributed by atoms with Gasteiger partial charge in [-0.2, -0.15) is 0 Å². The van der Waals surface area contributed by atoms with Crippen molar-refractivity contribution in [2.45, 2.75) is 0 Å². The Morgan fingerprint density at radius 1 is 1.64 bits per heavy atom. The Morgan fingerprint density at radius 2 is 2.36 bits per heavy atom. The topological polar surface area (TPSA) is 39.2 Å². The van der Waals surface area contributed by atoms with Crippen LogP contribution in [-0.2, 0) is 4.29 Å². The molecule has 3 nitrogen and oxygen atoms in total. The maximum absolute atomic E-state index is 10.7. The highest BCUT2D eigenvalue weighted by atomic mass is 35.5. The first-order valence-electron chi connectivity index (χ1n) is 2.69. The van der Waals surface area contributed by atoms with Gasteiger partial charge in [-0.15, -0.1) is 0 Å². The van der Waals surface area contributed by atoms with Gasteiger partial charge in [0.25, 0.3) is 0 Å². The molecule has 0 unspecified atom stereocenters. The Balaban J connectivity index is 3.03. The molecule has 0 spiro atoms. The molecule has 0 amide bonds. The molecular formula is C6H3Cl2NO2. The molecule has 0 aliphatic carbocycles. The molecule has 1 rings (SSSR count). The highest BCUT2D eigenvalue weighted by Gasteiger charge is 2.11. The zero-order chi connectivity index (χ0) is 8.27. The van der Waals surface area contributed by atoms with E-state index < -0.39 is 5.97 Å². The van der Waals surface area contributed by atoms with Gasteiger partial charge in [0, 0.05) is 6.20 Å². The van der Waals surface area contributed by atoms with E-state index in [-0.39, 0.29) is 10.7 Å². The smallest absolute Gasteiger partial charge is 0.342 e. The summed E-state index contributed by atoms with van der Waals surface area (Å²) in [5.41, 5.74) is 0.0177. The lowest BCUT2D eigenvalue weighted by atomic mass is 10.3. The summed E-state index contributed by atoms with van der Waals surface area (Å²) in [6.07, 6.45) is 1.43. The Hall–Kier alpha value is -0.800. The van der Waals surface area contributed by atoms with Crippen molar-refractivity contribution in [2.75, 3.05) is 0 Å². The van der Waals surface area contributed by atoms with Crippen LogP contribution in [-0.4, -0.2) is 11.0 Å². The van der Waals surface area contributed by atoms with E-state index in [2.05, 4.69) is 9.27 Å². The van der Waals surface area contributed by atoms with Crippen molar-refractivity contribution >= 4 is 29.4 Å². The Kier molecular flexibility index (Phi) is 2.68. The maximum Gasteiger partial charge on any atom is 0.376 e. The Bertz CT molecular complexity index is 277. The van der Waals surface area contributed by atoms with Gasteiger partial charge in [0.05, 0.1) is 5.02 Å². The number of aromatic nitrogens is 1. The Labute approximate surface area is 73.1 Å². The van der Waals surface area contributed by atoms with Gasteiger partial charge in [-0.05, 0) is 12.1 Å². The standard InChI is InChI=1S/C6H3Cl2NO2/c7-4-2-1-3-9-5(4)6(10)11-8/h1-3H. The van der Waals surface area contributed by atoms with Crippen molar-refractivity contribution in [3.8, 4) is 0 Å². The van der Waals surface area contributed by atoms with Crippen LogP contribution in [0.3, 0.4) is 0 Å². The van der Waals surface area contributed by atoms with Gasteiger partial charge in [-0.1, -0.05) is 11.6 Å². The Morgan fingerprint density at radius 3 is 2.91 bits per heavy atom. The van der Waals surface area contributed by atoms with Crippen LogP contribution in [0.5, 0.6) is 0 Å². The van der Waals surface area contributed by atoms with Crippen molar-refractivity contribution in [1.82, 2.24) is 4.98 Å². The molecule has 0 N–H and O–H groups in total. The molecule has 1 heterocycles. The van der Waals surface area contributed by atoms with Gasteiger partial charge in [0.2, 0.25) is 0 Å². The van der Waals surface area contributed by atoms with Gasteiger partial charge in [-0.3, -0.25) is 0 Å². The lowest BCUT2D eigenvalue weighted by Gasteiger charge is -1.95. The molecule has 0 fully saturated rings. The van der Waals surface area contributed by atoms with Gasteiger partial charge in [-0.25, -0.2) is 9.78 Å². The van der Waals surface area contributed by atoms with Gasteiger partial charge >= 0.3 is 5.97 Å². The third-order valence-corrected chi connectivity index (χ3v) is 1.47. The molecule has 0 saturated carbocycles. The molecule has 0 atom stereocenters. The fourth-order valence-corrected chi connectivity index (χ4v) is 0.844. The second-order valence-corrected chi connectivity index (χ2v) is 2.26. The second kappa shape index (κ2) is 3.55. The van der Waals surface area contributed by atoms with Crippen LogP contribution in [0.1, 0.15) is 10.5 Å². The predicted molar refractivity (Wildman–Crippen MR) is 40.5 cm³/mol. The summed E-state index contributed by atoms with van der Waals surface area (Å²) in [6.45, 7) is 0. The quantitative estimate of drug-likeness (QED) is 0.683. The van der Waals surface area contributed by atoms with Crippen molar-refractivity contribution in [3.63, 3.8) is 0 Å². The molecule has 1 aromatic rings. The van der Waals surface area contributed by atoms with Crippen LogP contribution in [0, 0.1) is 0 Å². The molecule has 0 radical (unpaired) electrons. The van der Waals surface area contributed by atoms with Crippen LogP contribution < -0.4 is 0 Å². The summed E-state index contributed by atoms with van der Waals surface area (Å²) in [5, 5.41) is 0.221. The summed E-state index contributed by atoms with van der Waals surface area (Å²) >= 11 is 10.4. The molecular weight excluding hydrogens is 189 g/mol. The zero-order valence-electron chi connectivity index (χ0n) is 5.25. The fourth-order valence-electron chi connectivity index (χ4n) is 0.572. The fraction of sp³-hybridized carbons (Fsp3) is 0. The molecule has 1 aromatic heterocycles. The van der Waals surface area contributed by atoms with E-state index in [0.29, 0.717) is 0 Å². The number of nitrogens with zero attached hydrogens (tertiary/aromatic N) is 1. The number of carbonyl (C=O) groups excluding carboxylic acids is 1. The maximum atomic E-state index is 10.7. The van der Waals surface area contributed by atoms with Crippen LogP contribution in [0.2, 0.25) is 5.02 Å². The number of halogens is 2. The van der Waals surface area contributed by atoms with Crippen LogP contribution in [0.15, 0.2) is 18.3 Å². The first-order valence-corrected chi connectivity index (χ1v) is 3.38. The van der Waals surface area contributed by atoms with E-state index in [1.54, 1.807) is 6.07 Å². The van der Waals surface area contributed by atoms with Gasteiger partial charge < -0.3 is 4.29 Å². The van der Waals surface area contributed by atoms with Crippen molar-refractivity contribution < 1.29 is 9.08 Å². The molecule has 11 heavy (non-hydrogen) atoms. The van der Waals surface area contributed by atoms with E-state index in [4.69, 9.17) is 23.5 Å². The van der Waals surface area contributed by atoms with E-state index in [1.165, 1.54) is 12.3 Å². The largest absolute Gasteiger partial charge is 0.376 e. The van der Waals surface area contributed by atoms with E-state index in [1.807, 2.05) is 0 Å². The minimum Gasteiger partial charge on any atom is -0.342 e. The van der Waals surface area contributed by atoms with E-state index >= 15 is 0 Å². The first kappa shape index (κ1) is 8.30. The number of pyridine rings is 1. The summed E-state index contributed by atoms with van der Waals surface area (Å²) in [6, 6.07) is 3.13. The SMILES string of the molecule is O=C(OCl)c1ncccc1Cl.